The first-order valence-corrected chi connectivity index (χ1v) is 12.3. The number of hydroxylamine groups is 2. The van der Waals surface area contributed by atoms with E-state index in [0.29, 0.717) is 11.8 Å². The van der Waals surface area contributed by atoms with Gasteiger partial charge in [-0.15, -0.1) is 0 Å². The van der Waals surface area contributed by atoms with Crippen LogP contribution >= 0.6 is 11.8 Å². The molecule has 0 aromatic heterocycles. The molecule has 2 aliphatic heterocycles. The van der Waals surface area contributed by atoms with Crippen molar-refractivity contribution in [1.82, 2.24) is 9.96 Å². The van der Waals surface area contributed by atoms with Gasteiger partial charge in [-0.1, -0.05) is 30.8 Å². The highest BCUT2D eigenvalue weighted by Gasteiger charge is 2.52. The number of amides is 2. The number of hydrogen-bond donors (Lipinski definition) is 0. The van der Waals surface area contributed by atoms with Crippen LogP contribution in [0.25, 0.3) is 0 Å². The van der Waals surface area contributed by atoms with Crippen molar-refractivity contribution in [2.45, 2.75) is 63.6 Å². The third-order valence-electron chi connectivity index (χ3n) is 5.76. The second kappa shape index (κ2) is 11.2. The van der Waals surface area contributed by atoms with Gasteiger partial charge >= 0.3 is 6.09 Å². The first-order valence-electron chi connectivity index (χ1n) is 11.4. The molecule has 3 rings (SSSR count). The molecular weight excluding hydrogens is 474 g/mol. The van der Waals surface area contributed by atoms with Gasteiger partial charge in [0.25, 0.3) is 5.91 Å². The topological polar surface area (TPSA) is 99.1 Å². The average Bonchev–Trinajstić information content (AvgIpc) is 3.24. The fourth-order valence-electron chi connectivity index (χ4n) is 3.77. The van der Waals surface area contributed by atoms with E-state index in [2.05, 4.69) is 0 Å². The van der Waals surface area contributed by atoms with Gasteiger partial charge in [0.15, 0.2) is 5.17 Å². The number of fused-ring (bicyclic) bond motifs is 1. The van der Waals surface area contributed by atoms with Crippen LogP contribution in [0, 0.1) is 5.92 Å². The molecule has 5 atom stereocenters. The van der Waals surface area contributed by atoms with Crippen molar-refractivity contribution in [3.8, 4) is 5.75 Å². The number of aliphatic imine (C=N–C) groups is 1. The van der Waals surface area contributed by atoms with Crippen LogP contribution < -0.4 is 4.74 Å². The summed E-state index contributed by atoms with van der Waals surface area (Å²) in [6.45, 7) is 7.63. The number of ether oxygens (including phenoxy) is 4. The van der Waals surface area contributed by atoms with Crippen molar-refractivity contribution in [1.29, 1.82) is 0 Å². The Balaban J connectivity index is 1.82. The lowest BCUT2D eigenvalue weighted by molar-refractivity contribution is -0.199. The lowest BCUT2D eigenvalue weighted by Crippen LogP contribution is -2.56. The lowest BCUT2D eigenvalue weighted by Gasteiger charge is -2.41. The summed E-state index contributed by atoms with van der Waals surface area (Å²) in [5.41, 5.74) is -0.191. The fraction of sp³-hybridized carbons (Fsp3) is 0.625. The average molecular weight is 510 g/mol. The van der Waals surface area contributed by atoms with Crippen LogP contribution in [-0.4, -0.2) is 84.7 Å². The van der Waals surface area contributed by atoms with E-state index >= 15 is 0 Å². The molecule has 1 saturated heterocycles. The molecule has 1 fully saturated rings. The van der Waals surface area contributed by atoms with Crippen LogP contribution in [0.15, 0.2) is 29.3 Å². The van der Waals surface area contributed by atoms with Crippen molar-refractivity contribution < 1.29 is 33.4 Å². The first-order chi connectivity index (χ1) is 16.4. The quantitative estimate of drug-likeness (QED) is 0.539. The zero-order valence-electron chi connectivity index (χ0n) is 21.5. The van der Waals surface area contributed by atoms with Gasteiger partial charge in [-0.2, -0.15) is 0 Å². The van der Waals surface area contributed by atoms with Crippen LogP contribution in [0.5, 0.6) is 5.75 Å². The molecule has 0 radical (unpaired) electrons. The number of nitrogens with zero attached hydrogens (tertiary/aromatic N) is 3. The highest BCUT2D eigenvalue weighted by molar-refractivity contribution is 8.14. The predicted octanol–water partition coefficient (Wildman–Crippen LogP) is 3.30. The molecule has 1 aromatic carbocycles. The minimum atomic E-state index is -0.795. The summed E-state index contributed by atoms with van der Waals surface area (Å²) in [4.78, 5) is 36.8. The Morgan fingerprint density at radius 3 is 2.37 bits per heavy atom. The van der Waals surface area contributed by atoms with Gasteiger partial charge in [0.2, 0.25) is 0 Å². The van der Waals surface area contributed by atoms with E-state index in [1.807, 2.05) is 31.2 Å². The number of rotatable bonds is 6. The third kappa shape index (κ3) is 6.46. The largest absolute Gasteiger partial charge is 0.497 e. The summed E-state index contributed by atoms with van der Waals surface area (Å²) in [5.74, 6) is 0.120. The molecular formula is C24H35N3O7S. The lowest BCUT2D eigenvalue weighted by atomic mass is 9.89. The first kappa shape index (κ1) is 27.3. The zero-order valence-corrected chi connectivity index (χ0v) is 22.3. The number of carbonyl (C=O) groups excluding carboxylic acids is 2. The second-order valence-electron chi connectivity index (χ2n) is 9.49. The van der Waals surface area contributed by atoms with Gasteiger partial charge < -0.3 is 18.9 Å². The standard InChI is InChI=1S/C24H35N3O7S/c1-14-18(32-13-15-9-11-16(30-7)12-10-15)17-21(33-19(14)20(28)27(6)31-8)35-22(25-17)26(5)23(29)34-24(2,3)4/h9-12,14,17-19,21H,13H2,1-8H3/t14-,17+,18-,19-,21+/m0/s1. The van der Waals surface area contributed by atoms with Crippen LogP contribution in [-0.2, 0) is 30.4 Å². The number of benzene rings is 1. The molecule has 0 saturated carbocycles. The van der Waals surface area contributed by atoms with E-state index in [1.54, 1.807) is 34.9 Å². The smallest absolute Gasteiger partial charge is 0.416 e. The SMILES string of the molecule is COc1ccc(CO[C@H]2[C@H](C)[C@@H](C(=O)N(C)OC)O[C@@H]3SC(N(C)C(=O)OC(C)(C)C)=N[C@H]23)cc1. The molecule has 0 unspecified atom stereocenters. The van der Waals surface area contributed by atoms with E-state index in [-0.39, 0.29) is 11.8 Å². The highest BCUT2D eigenvalue weighted by atomic mass is 32.2. The molecule has 0 N–H and O–H groups in total. The molecule has 0 aliphatic carbocycles. The normalized spacial score (nSPS) is 25.9. The Morgan fingerprint density at radius 2 is 1.80 bits per heavy atom. The molecule has 2 amide bonds. The van der Waals surface area contributed by atoms with Crippen LogP contribution in [0.2, 0.25) is 0 Å². The van der Waals surface area contributed by atoms with E-state index in [0.717, 1.165) is 16.4 Å². The Hall–Kier alpha value is -2.34. The summed E-state index contributed by atoms with van der Waals surface area (Å²) >= 11 is 1.27. The number of hydrogen-bond acceptors (Lipinski definition) is 9. The number of likely N-dealkylation sites (N-methyl/N-ethyl adjacent to an activating group) is 1. The molecule has 0 spiro atoms. The molecule has 1 aromatic rings. The van der Waals surface area contributed by atoms with E-state index < -0.39 is 35.4 Å². The van der Waals surface area contributed by atoms with E-state index in [9.17, 15) is 9.59 Å². The van der Waals surface area contributed by atoms with E-state index in [1.165, 1.54) is 30.8 Å². The van der Waals surface area contributed by atoms with Crippen molar-refractivity contribution in [2.75, 3.05) is 28.3 Å². The highest BCUT2D eigenvalue weighted by Crippen LogP contribution is 2.41. The van der Waals surface area contributed by atoms with Crippen molar-refractivity contribution in [3.63, 3.8) is 0 Å². The molecule has 35 heavy (non-hydrogen) atoms. The maximum Gasteiger partial charge on any atom is 0.416 e. The monoisotopic (exact) mass is 509 g/mol. The Bertz CT molecular complexity index is 934. The molecule has 194 valence electrons. The van der Waals surface area contributed by atoms with Gasteiger partial charge in [0, 0.05) is 20.0 Å². The zero-order chi connectivity index (χ0) is 25.9. The van der Waals surface area contributed by atoms with Crippen molar-refractivity contribution >= 4 is 28.9 Å². The minimum Gasteiger partial charge on any atom is -0.497 e. The number of thioether (sulfide) groups is 1. The van der Waals surface area contributed by atoms with Gasteiger partial charge in [0.05, 0.1) is 26.9 Å². The summed E-state index contributed by atoms with van der Waals surface area (Å²) in [6.07, 6.45) is -1.75. The molecule has 2 aliphatic rings. The molecule has 0 bridgehead atoms. The third-order valence-corrected chi connectivity index (χ3v) is 6.97. The molecule has 2 heterocycles. The Kier molecular flexibility index (Phi) is 8.68. The van der Waals surface area contributed by atoms with Crippen LogP contribution in [0.1, 0.15) is 33.3 Å². The Labute approximate surface area is 210 Å². The second-order valence-corrected chi connectivity index (χ2v) is 10.6. The van der Waals surface area contributed by atoms with E-state index in [4.69, 9.17) is 28.8 Å². The van der Waals surface area contributed by atoms with Crippen molar-refractivity contribution in [3.05, 3.63) is 29.8 Å². The number of methoxy groups -OCH3 is 1. The van der Waals surface area contributed by atoms with Crippen molar-refractivity contribution in [2.24, 2.45) is 10.9 Å². The van der Waals surface area contributed by atoms with Gasteiger partial charge in [-0.05, 0) is 38.5 Å². The number of carbonyl (C=O) groups is 2. The summed E-state index contributed by atoms with van der Waals surface area (Å²) < 4.78 is 23.2. The van der Waals surface area contributed by atoms with Gasteiger partial charge in [-0.3, -0.25) is 19.5 Å². The molecule has 10 nitrogen and oxygen atoms in total. The fourth-order valence-corrected chi connectivity index (χ4v) is 4.93. The maximum atomic E-state index is 13.0. The number of amidine groups is 1. The maximum absolute atomic E-state index is 13.0. The summed E-state index contributed by atoms with van der Waals surface area (Å²) in [6, 6.07) is 7.18. The van der Waals surface area contributed by atoms with Gasteiger partial charge in [-0.25, -0.2) is 9.86 Å². The predicted molar refractivity (Wildman–Crippen MR) is 132 cm³/mol. The van der Waals surface area contributed by atoms with Crippen LogP contribution in [0.3, 0.4) is 0 Å². The Morgan fingerprint density at radius 1 is 1.14 bits per heavy atom. The van der Waals surface area contributed by atoms with Gasteiger partial charge in [0.1, 0.15) is 28.9 Å². The summed E-state index contributed by atoms with van der Waals surface area (Å²) in [7, 11) is 6.19. The van der Waals surface area contributed by atoms with Crippen LogP contribution in [0.4, 0.5) is 4.79 Å². The summed E-state index contributed by atoms with van der Waals surface area (Å²) in [5, 5.41) is 1.60. The molecule has 11 heteroatoms. The minimum absolute atomic E-state index is 0.314.